The second-order valence-electron chi connectivity index (χ2n) is 4.96. The summed E-state index contributed by atoms with van der Waals surface area (Å²) in [4.78, 5) is 11.9. The van der Waals surface area contributed by atoms with Crippen LogP contribution in [0.3, 0.4) is 0 Å². The van der Waals surface area contributed by atoms with E-state index in [9.17, 15) is 13.2 Å². The number of ether oxygens (including phenoxy) is 1. The maximum Gasteiger partial charge on any atom is 0.241 e. The smallest absolute Gasteiger partial charge is 0.241 e. The third-order valence-electron chi connectivity index (χ3n) is 3.16. The zero-order valence-electron chi connectivity index (χ0n) is 13.0. The number of carbonyl (C=O) groups is 1. The van der Waals surface area contributed by atoms with Crippen LogP contribution >= 0.6 is 11.6 Å². The van der Waals surface area contributed by atoms with Crippen molar-refractivity contribution in [2.75, 3.05) is 7.11 Å². The minimum absolute atomic E-state index is 0.0186. The quantitative estimate of drug-likeness (QED) is 0.788. The van der Waals surface area contributed by atoms with E-state index in [0.29, 0.717) is 5.75 Å². The zero-order valence-corrected chi connectivity index (χ0v) is 14.6. The van der Waals surface area contributed by atoms with E-state index < -0.39 is 16.1 Å². The Hall–Kier alpha value is -1.31. The van der Waals surface area contributed by atoms with Crippen LogP contribution in [0.2, 0.25) is 5.02 Å². The maximum absolute atomic E-state index is 12.3. The summed E-state index contributed by atoms with van der Waals surface area (Å²) in [5.41, 5.74) is 0. The molecule has 0 heterocycles. The first-order chi connectivity index (χ1) is 10.2. The standard InChI is InChI=1S/C14H21ClN2O4S/c1-5-9(2)16-14(18)10(3)17-22(19,20)11-6-7-13(21-4)12(15)8-11/h6-10,17H,5H2,1-4H3,(H,16,18)/t9-,10+/m1/s1. The summed E-state index contributed by atoms with van der Waals surface area (Å²) in [5.74, 6) is 0.000660. The molecule has 0 aliphatic rings. The molecule has 22 heavy (non-hydrogen) atoms. The van der Waals surface area contributed by atoms with Gasteiger partial charge in [0.2, 0.25) is 15.9 Å². The van der Waals surface area contributed by atoms with Crippen molar-refractivity contribution in [3.05, 3.63) is 23.2 Å². The van der Waals surface area contributed by atoms with Gasteiger partial charge in [-0.2, -0.15) is 4.72 Å². The molecule has 2 atom stereocenters. The minimum Gasteiger partial charge on any atom is -0.495 e. The van der Waals surface area contributed by atoms with Crippen LogP contribution in [0.4, 0.5) is 0 Å². The monoisotopic (exact) mass is 348 g/mol. The van der Waals surface area contributed by atoms with E-state index in [-0.39, 0.29) is 21.9 Å². The van der Waals surface area contributed by atoms with Crippen molar-refractivity contribution < 1.29 is 17.9 Å². The van der Waals surface area contributed by atoms with E-state index in [4.69, 9.17) is 16.3 Å². The van der Waals surface area contributed by atoms with Gasteiger partial charge < -0.3 is 10.1 Å². The van der Waals surface area contributed by atoms with Gasteiger partial charge in [-0.15, -0.1) is 0 Å². The predicted octanol–water partition coefficient (Wildman–Crippen LogP) is 1.93. The molecular weight excluding hydrogens is 328 g/mol. The molecule has 1 amide bonds. The lowest BCUT2D eigenvalue weighted by Crippen LogP contribution is -2.47. The molecule has 124 valence electrons. The molecule has 8 heteroatoms. The van der Waals surface area contributed by atoms with Gasteiger partial charge >= 0.3 is 0 Å². The Morgan fingerprint density at radius 1 is 1.36 bits per heavy atom. The van der Waals surface area contributed by atoms with Crippen molar-refractivity contribution >= 4 is 27.5 Å². The van der Waals surface area contributed by atoms with E-state index in [1.54, 1.807) is 0 Å². The lowest BCUT2D eigenvalue weighted by molar-refractivity contribution is -0.122. The van der Waals surface area contributed by atoms with Crippen LogP contribution in [0.1, 0.15) is 27.2 Å². The summed E-state index contributed by atoms with van der Waals surface area (Å²) in [5, 5.41) is 2.90. The highest BCUT2D eigenvalue weighted by Crippen LogP contribution is 2.26. The van der Waals surface area contributed by atoms with Crippen LogP contribution in [0.5, 0.6) is 5.75 Å². The molecule has 0 aliphatic heterocycles. The molecule has 1 rings (SSSR count). The second kappa shape index (κ2) is 7.80. The molecule has 1 aromatic rings. The topological polar surface area (TPSA) is 84.5 Å². The summed E-state index contributed by atoms with van der Waals surface area (Å²) in [7, 11) is -2.41. The molecule has 0 unspecified atom stereocenters. The largest absolute Gasteiger partial charge is 0.495 e. The van der Waals surface area contributed by atoms with Gasteiger partial charge in [0.15, 0.2) is 0 Å². The summed E-state index contributed by atoms with van der Waals surface area (Å²) >= 11 is 5.93. The van der Waals surface area contributed by atoms with Crippen LogP contribution in [0.25, 0.3) is 0 Å². The Bertz CT molecular complexity index is 634. The van der Waals surface area contributed by atoms with Crippen LogP contribution in [0, 0.1) is 0 Å². The molecule has 0 aromatic heterocycles. The summed E-state index contributed by atoms with van der Waals surface area (Å²) in [6.45, 7) is 5.27. The fraction of sp³-hybridized carbons (Fsp3) is 0.500. The van der Waals surface area contributed by atoms with Crippen LogP contribution < -0.4 is 14.8 Å². The molecule has 0 radical (unpaired) electrons. The highest BCUT2D eigenvalue weighted by Gasteiger charge is 2.23. The Morgan fingerprint density at radius 2 is 2.00 bits per heavy atom. The average Bonchev–Trinajstić information content (AvgIpc) is 2.46. The first kappa shape index (κ1) is 18.7. The molecule has 0 aliphatic carbocycles. The van der Waals surface area contributed by atoms with Crippen molar-refractivity contribution in [1.82, 2.24) is 10.0 Å². The highest BCUT2D eigenvalue weighted by atomic mass is 35.5. The Morgan fingerprint density at radius 3 is 2.50 bits per heavy atom. The predicted molar refractivity (Wildman–Crippen MR) is 85.7 cm³/mol. The van der Waals surface area contributed by atoms with Crippen LogP contribution in [-0.4, -0.2) is 33.5 Å². The number of sulfonamides is 1. The number of rotatable bonds is 7. The number of halogens is 1. The lowest BCUT2D eigenvalue weighted by atomic mass is 10.2. The van der Waals surface area contributed by atoms with Crippen molar-refractivity contribution in [3.8, 4) is 5.75 Å². The molecule has 1 aromatic carbocycles. The van der Waals surface area contributed by atoms with Crippen molar-refractivity contribution in [3.63, 3.8) is 0 Å². The highest BCUT2D eigenvalue weighted by molar-refractivity contribution is 7.89. The summed E-state index contributed by atoms with van der Waals surface area (Å²) < 4.78 is 31.8. The van der Waals surface area contributed by atoms with E-state index in [2.05, 4.69) is 10.0 Å². The number of hydrogen-bond acceptors (Lipinski definition) is 4. The number of hydrogen-bond donors (Lipinski definition) is 2. The first-order valence-corrected chi connectivity index (χ1v) is 8.73. The minimum atomic E-state index is -3.85. The van der Waals surface area contributed by atoms with Crippen molar-refractivity contribution in [1.29, 1.82) is 0 Å². The molecule has 6 nitrogen and oxygen atoms in total. The van der Waals surface area contributed by atoms with Gasteiger partial charge in [0, 0.05) is 6.04 Å². The number of carbonyl (C=O) groups excluding carboxylic acids is 1. The number of amides is 1. The van der Waals surface area contributed by atoms with Crippen LogP contribution in [0.15, 0.2) is 23.1 Å². The SMILES string of the molecule is CC[C@@H](C)NC(=O)[C@H](C)NS(=O)(=O)c1ccc(OC)c(Cl)c1. The van der Waals surface area contributed by atoms with Gasteiger partial charge in [-0.3, -0.25) is 4.79 Å². The van der Waals surface area contributed by atoms with Gasteiger partial charge in [0.1, 0.15) is 5.75 Å². The summed E-state index contributed by atoms with van der Waals surface area (Å²) in [6.07, 6.45) is 0.763. The first-order valence-electron chi connectivity index (χ1n) is 6.87. The Balaban J connectivity index is 2.87. The molecular formula is C14H21ClN2O4S. The average molecular weight is 349 g/mol. The number of benzene rings is 1. The van der Waals surface area contributed by atoms with Crippen molar-refractivity contribution in [2.45, 2.75) is 44.2 Å². The lowest BCUT2D eigenvalue weighted by Gasteiger charge is -2.17. The fourth-order valence-corrected chi connectivity index (χ4v) is 3.19. The van der Waals surface area contributed by atoms with Crippen molar-refractivity contribution in [2.24, 2.45) is 0 Å². The fourth-order valence-electron chi connectivity index (χ4n) is 1.64. The number of nitrogens with one attached hydrogen (secondary N) is 2. The molecule has 0 saturated carbocycles. The zero-order chi connectivity index (χ0) is 16.9. The van der Waals surface area contributed by atoms with E-state index in [1.165, 1.54) is 32.2 Å². The third kappa shape index (κ3) is 4.86. The Kier molecular flexibility index (Phi) is 6.65. The summed E-state index contributed by atoms with van der Waals surface area (Å²) in [6, 6.07) is 3.20. The van der Waals surface area contributed by atoms with Gasteiger partial charge in [-0.25, -0.2) is 8.42 Å². The molecule has 0 fully saturated rings. The van der Waals surface area contributed by atoms with Crippen LogP contribution in [-0.2, 0) is 14.8 Å². The van der Waals surface area contributed by atoms with Gasteiger partial charge in [0.25, 0.3) is 0 Å². The second-order valence-corrected chi connectivity index (χ2v) is 7.08. The molecule has 0 bridgehead atoms. The third-order valence-corrected chi connectivity index (χ3v) is 4.99. The molecule has 0 spiro atoms. The van der Waals surface area contributed by atoms with Gasteiger partial charge in [-0.1, -0.05) is 18.5 Å². The van der Waals surface area contributed by atoms with Gasteiger partial charge in [-0.05, 0) is 38.5 Å². The Labute approximate surface area is 136 Å². The normalized spacial score (nSPS) is 14.2. The maximum atomic E-state index is 12.3. The van der Waals surface area contributed by atoms with E-state index in [1.807, 2.05) is 13.8 Å². The molecule has 0 saturated heterocycles. The van der Waals surface area contributed by atoms with E-state index in [0.717, 1.165) is 6.42 Å². The van der Waals surface area contributed by atoms with Gasteiger partial charge in [0.05, 0.1) is 23.1 Å². The van der Waals surface area contributed by atoms with E-state index >= 15 is 0 Å². The molecule has 2 N–H and O–H groups in total. The number of methoxy groups -OCH3 is 1.